The maximum atomic E-state index is 10.9. The Bertz CT molecular complexity index is 624. The number of nitrogen functional groups attached to an aromatic ring is 1. The van der Waals surface area contributed by atoms with Crippen LogP contribution in [0, 0.1) is 0 Å². The number of aromatic carboxylic acids is 1. The molecule has 8 heteroatoms. The summed E-state index contributed by atoms with van der Waals surface area (Å²) >= 11 is 0. The number of aromatic nitrogens is 4. The number of benzene rings is 1. The Hall–Kier alpha value is -2.64. The summed E-state index contributed by atoms with van der Waals surface area (Å²) in [4.78, 5) is 14.2. The van der Waals surface area contributed by atoms with Crippen LogP contribution >= 0.6 is 0 Å². The van der Waals surface area contributed by atoms with Gasteiger partial charge in [0.2, 0.25) is 0 Å². The first-order valence-corrected chi connectivity index (χ1v) is 6.12. The van der Waals surface area contributed by atoms with Gasteiger partial charge in [-0.2, -0.15) is 4.80 Å². The first kappa shape index (κ1) is 13.8. The maximum absolute atomic E-state index is 10.9. The summed E-state index contributed by atoms with van der Waals surface area (Å²) in [7, 11) is 1.70. The summed E-state index contributed by atoms with van der Waals surface area (Å²) in [6.45, 7) is 3.12. The molecule has 0 amide bonds. The van der Waals surface area contributed by atoms with Gasteiger partial charge in [0.15, 0.2) is 5.82 Å². The molecule has 0 bridgehead atoms. The molecule has 0 aliphatic rings. The highest BCUT2D eigenvalue weighted by atomic mass is 16.4. The first-order valence-electron chi connectivity index (χ1n) is 6.12. The van der Waals surface area contributed by atoms with Crippen molar-refractivity contribution >= 4 is 17.3 Å². The number of carboxylic acid groups (broad SMARTS) is 1. The Morgan fingerprint density at radius 3 is 2.75 bits per heavy atom. The summed E-state index contributed by atoms with van der Waals surface area (Å²) < 4.78 is 0. The average Bonchev–Trinajstić information content (AvgIpc) is 2.81. The predicted molar refractivity (Wildman–Crippen MR) is 73.3 cm³/mol. The van der Waals surface area contributed by atoms with Crippen molar-refractivity contribution in [3.8, 4) is 0 Å². The number of rotatable bonds is 5. The van der Waals surface area contributed by atoms with E-state index in [9.17, 15) is 4.79 Å². The van der Waals surface area contributed by atoms with Crippen LogP contribution in [0.15, 0.2) is 18.2 Å². The van der Waals surface area contributed by atoms with Crippen LogP contribution in [-0.2, 0) is 13.6 Å². The number of nitrogens with two attached hydrogens (primary N) is 1. The van der Waals surface area contributed by atoms with E-state index in [2.05, 4.69) is 15.4 Å². The second-order valence-corrected chi connectivity index (χ2v) is 4.29. The smallest absolute Gasteiger partial charge is 0.335 e. The van der Waals surface area contributed by atoms with Gasteiger partial charge in [0.05, 0.1) is 30.5 Å². The third-order valence-corrected chi connectivity index (χ3v) is 2.88. The molecule has 20 heavy (non-hydrogen) atoms. The van der Waals surface area contributed by atoms with Gasteiger partial charge in [0, 0.05) is 6.54 Å². The average molecular weight is 276 g/mol. The van der Waals surface area contributed by atoms with E-state index in [0.717, 1.165) is 5.69 Å². The minimum atomic E-state index is -0.998. The van der Waals surface area contributed by atoms with Gasteiger partial charge >= 0.3 is 5.97 Å². The molecule has 1 aromatic carbocycles. The monoisotopic (exact) mass is 276 g/mol. The van der Waals surface area contributed by atoms with Gasteiger partial charge in [-0.15, -0.1) is 10.2 Å². The summed E-state index contributed by atoms with van der Waals surface area (Å²) in [5, 5.41) is 20.8. The maximum Gasteiger partial charge on any atom is 0.335 e. The van der Waals surface area contributed by atoms with Crippen LogP contribution in [0.1, 0.15) is 23.1 Å². The number of aryl methyl sites for hydroxylation is 1. The fraction of sp³-hybridized carbons (Fsp3) is 0.333. The van der Waals surface area contributed by atoms with Crippen molar-refractivity contribution in [1.29, 1.82) is 0 Å². The summed E-state index contributed by atoms with van der Waals surface area (Å²) in [5.41, 5.74) is 7.26. The number of anilines is 2. The highest BCUT2D eigenvalue weighted by Crippen LogP contribution is 2.25. The van der Waals surface area contributed by atoms with E-state index >= 15 is 0 Å². The lowest BCUT2D eigenvalue weighted by atomic mass is 10.1. The molecular weight excluding hydrogens is 260 g/mol. The van der Waals surface area contributed by atoms with Crippen LogP contribution in [0.3, 0.4) is 0 Å². The number of hydrogen-bond acceptors (Lipinski definition) is 6. The lowest BCUT2D eigenvalue weighted by Crippen LogP contribution is -2.24. The molecule has 0 saturated carbocycles. The highest BCUT2D eigenvalue weighted by Gasteiger charge is 2.13. The van der Waals surface area contributed by atoms with Gasteiger partial charge in [-0.25, -0.2) is 4.79 Å². The van der Waals surface area contributed by atoms with Crippen LogP contribution in [0.4, 0.5) is 11.4 Å². The van der Waals surface area contributed by atoms with E-state index < -0.39 is 5.97 Å². The quantitative estimate of drug-likeness (QED) is 0.766. The fourth-order valence-electron chi connectivity index (χ4n) is 1.90. The van der Waals surface area contributed by atoms with E-state index in [1.165, 1.54) is 16.9 Å². The van der Waals surface area contributed by atoms with E-state index in [-0.39, 0.29) is 5.56 Å². The second kappa shape index (κ2) is 5.55. The molecule has 0 saturated heterocycles. The molecule has 3 N–H and O–H groups in total. The molecule has 0 aliphatic heterocycles. The molecule has 106 valence electrons. The molecule has 1 heterocycles. The van der Waals surface area contributed by atoms with Crippen LogP contribution in [0.5, 0.6) is 0 Å². The molecule has 0 atom stereocenters. The van der Waals surface area contributed by atoms with Crippen LogP contribution in [0.25, 0.3) is 0 Å². The minimum absolute atomic E-state index is 0.167. The molecule has 2 rings (SSSR count). The van der Waals surface area contributed by atoms with E-state index in [4.69, 9.17) is 10.8 Å². The van der Waals surface area contributed by atoms with Crippen molar-refractivity contribution in [1.82, 2.24) is 20.2 Å². The number of carbonyl (C=O) groups is 1. The van der Waals surface area contributed by atoms with Gasteiger partial charge in [0.25, 0.3) is 0 Å². The van der Waals surface area contributed by atoms with Gasteiger partial charge < -0.3 is 15.7 Å². The van der Waals surface area contributed by atoms with Crippen molar-refractivity contribution in [3.63, 3.8) is 0 Å². The number of nitrogens with zero attached hydrogens (tertiary/aromatic N) is 5. The van der Waals surface area contributed by atoms with Crippen molar-refractivity contribution < 1.29 is 9.90 Å². The zero-order valence-corrected chi connectivity index (χ0v) is 11.3. The van der Waals surface area contributed by atoms with Crippen molar-refractivity contribution in [3.05, 3.63) is 29.6 Å². The topological polar surface area (TPSA) is 110 Å². The van der Waals surface area contributed by atoms with Crippen LogP contribution < -0.4 is 10.6 Å². The summed E-state index contributed by atoms with van der Waals surface area (Å²) in [5.74, 6) is -0.419. The Morgan fingerprint density at radius 1 is 1.50 bits per heavy atom. The molecule has 0 fully saturated rings. The third kappa shape index (κ3) is 2.85. The van der Waals surface area contributed by atoms with Gasteiger partial charge in [-0.3, -0.25) is 0 Å². The molecule has 2 aromatic rings. The van der Waals surface area contributed by atoms with E-state index in [0.29, 0.717) is 24.6 Å². The first-order chi connectivity index (χ1) is 9.51. The van der Waals surface area contributed by atoms with Gasteiger partial charge in [-0.05, 0) is 30.3 Å². The molecule has 0 radical (unpaired) electrons. The highest BCUT2D eigenvalue weighted by molar-refractivity contribution is 5.90. The Morgan fingerprint density at radius 2 is 2.25 bits per heavy atom. The molecule has 0 unspecified atom stereocenters. The largest absolute Gasteiger partial charge is 0.478 e. The van der Waals surface area contributed by atoms with Gasteiger partial charge in [0.1, 0.15) is 0 Å². The molecule has 0 spiro atoms. The lowest BCUT2D eigenvalue weighted by Gasteiger charge is -2.23. The predicted octanol–water partition coefficient (Wildman–Crippen LogP) is 0.517. The summed E-state index contributed by atoms with van der Waals surface area (Å²) in [6, 6.07) is 4.67. The van der Waals surface area contributed by atoms with Crippen molar-refractivity contribution in [2.24, 2.45) is 7.05 Å². The fourth-order valence-corrected chi connectivity index (χ4v) is 1.90. The SMILES string of the molecule is CCN(Cc1nnn(C)n1)c1ccc(C(=O)O)cc1N. The van der Waals surface area contributed by atoms with Crippen molar-refractivity contribution in [2.45, 2.75) is 13.5 Å². The van der Waals surface area contributed by atoms with E-state index in [1.807, 2.05) is 11.8 Å². The van der Waals surface area contributed by atoms with Crippen LogP contribution in [0.2, 0.25) is 0 Å². The molecule has 8 nitrogen and oxygen atoms in total. The van der Waals surface area contributed by atoms with Gasteiger partial charge in [-0.1, -0.05) is 0 Å². The number of carboxylic acids is 1. The second-order valence-electron chi connectivity index (χ2n) is 4.29. The Balaban J connectivity index is 2.25. The third-order valence-electron chi connectivity index (χ3n) is 2.88. The minimum Gasteiger partial charge on any atom is -0.478 e. The normalized spacial score (nSPS) is 10.5. The Kier molecular flexibility index (Phi) is 3.83. The Labute approximate surface area is 115 Å². The molecule has 0 aliphatic carbocycles. The lowest BCUT2D eigenvalue weighted by molar-refractivity contribution is 0.0697. The zero-order chi connectivity index (χ0) is 14.7. The standard InChI is InChI=1S/C12H16N6O2/c1-3-18(7-11-14-16-17(2)15-11)10-5-4-8(12(19)20)6-9(10)13/h4-6H,3,7,13H2,1-2H3,(H,19,20). The van der Waals surface area contributed by atoms with Crippen molar-refractivity contribution in [2.75, 3.05) is 17.2 Å². The number of tetrazole rings is 1. The number of hydrogen-bond donors (Lipinski definition) is 2. The zero-order valence-electron chi connectivity index (χ0n) is 11.3. The molecule has 1 aromatic heterocycles. The molecular formula is C12H16N6O2. The summed E-state index contributed by atoms with van der Waals surface area (Å²) in [6.07, 6.45) is 0. The van der Waals surface area contributed by atoms with E-state index in [1.54, 1.807) is 13.1 Å². The van der Waals surface area contributed by atoms with Crippen LogP contribution in [-0.4, -0.2) is 37.8 Å².